The highest BCUT2D eigenvalue weighted by molar-refractivity contribution is 5.13. The zero-order valence-corrected chi connectivity index (χ0v) is 7.69. The van der Waals surface area contributed by atoms with E-state index in [0.717, 1.165) is 12.1 Å². The van der Waals surface area contributed by atoms with E-state index in [1.165, 1.54) is 12.8 Å². The summed E-state index contributed by atoms with van der Waals surface area (Å²) in [6.45, 7) is 4.43. The third-order valence-electron chi connectivity index (χ3n) is 2.48. The molecule has 0 bridgehead atoms. The fourth-order valence-electron chi connectivity index (χ4n) is 1.51. The molecule has 70 valence electrons. The lowest BCUT2D eigenvalue weighted by Crippen LogP contribution is -2.11. The molecule has 1 aliphatic carbocycles. The lowest BCUT2D eigenvalue weighted by molar-refractivity contribution is 0.630. The minimum absolute atomic E-state index is 0.193. The Bertz CT molecular complexity index is 299. The van der Waals surface area contributed by atoms with Crippen LogP contribution in [0.3, 0.4) is 0 Å². The number of aromatic nitrogens is 2. The molecule has 0 radical (unpaired) electrons. The highest BCUT2D eigenvalue weighted by Crippen LogP contribution is 2.39. The minimum atomic E-state index is 0.193. The van der Waals surface area contributed by atoms with Crippen molar-refractivity contribution in [2.24, 2.45) is 11.7 Å². The van der Waals surface area contributed by atoms with Gasteiger partial charge in [-0.15, -0.1) is 6.58 Å². The topological polar surface area (TPSA) is 43.8 Å². The van der Waals surface area contributed by atoms with Gasteiger partial charge in [-0.1, -0.05) is 6.08 Å². The van der Waals surface area contributed by atoms with Crippen LogP contribution in [-0.4, -0.2) is 9.78 Å². The number of hydrogen-bond donors (Lipinski definition) is 1. The number of nitrogens with two attached hydrogens (primary N) is 1. The van der Waals surface area contributed by atoms with E-state index >= 15 is 0 Å². The molecule has 0 spiro atoms. The molecule has 3 heteroatoms. The summed E-state index contributed by atoms with van der Waals surface area (Å²) in [5.41, 5.74) is 7.19. The third-order valence-corrected chi connectivity index (χ3v) is 2.48. The zero-order valence-electron chi connectivity index (χ0n) is 7.69. The van der Waals surface area contributed by atoms with E-state index in [-0.39, 0.29) is 6.04 Å². The van der Waals surface area contributed by atoms with Crippen LogP contribution >= 0.6 is 0 Å². The van der Waals surface area contributed by atoms with Crippen molar-refractivity contribution in [2.45, 2.75) is 25.4 Å². The van der Waals surface area contributed by atoms with E-state index in [1.54, 1.807) is 0 Å². The van der Waals surface area contributed by atoms with E-state index in [2.05, 4.69) is 11.7 Å². The molecule has 0 amide bonds. The molecule has 2 rings (SSSR count). The van der Waals surface area contributed by atoms with Crippen LogP contribution in [0.25, 0.3) is 0 Å². The summed E-state index contributed by atoms with van der Waals surface area (Å²) in [7, 11) is 0. The molecule has 0 aliphatic heterocycles. The highest BCUT2D eigenvalue weighted by Gasteiger charge is 2.30. The van der Waals surface area contributed by atoms with Gasteiger partial charge in [0, 0.05) is 17.8 Å². The molecule has 1 aromatic rings. The van der Waals surface area contributed by atoms with Gasteiger partial charge < -0.3 is 5.73 Å². The Balaban J connectivity index is 2.06. The first kappa shape index (κ1) is 8.51. The Morgan fingerprint density at radius 3 is 3.15 bits per heavy atom. The van der Waals surface area contributed by atoms with Crippen LogP contribution in [0.2, 0.25) is 0 Å². The summed E-state index contributed by atoms with van der Waals surface area (Å²) < 4.78 is 1.87. The maximum atomic E-state index is 6.03. The van der Waals surface area contributed by atoms with Gasteiger partial charge >= 0.3 is 0 Å². The van der Waals surface area contributed by atoms with Crippen molar-refractivity contribution >= 4 is 0 Å². The number of rotatable bonds is 4. The maximum Gasteiger partial charge on any atom is 0.0587 e. The van der Waals surface area contributed by atoms with Gasteiger partial charge in [-0.3, -0.25) is 4.68 Å². The molecule has 0 saturated heterocycles. The van der Waals surface area contributed by atoms with Crippen molar-refractivity contribution in [1.82, 2.24) is 9.78 Å². The first-order valence-corrected chi connectivity index (χ1v) is 4.70. The van der Waals surface area contributed by atoms with Crippen molar-refractivity contribution in [2.75, 3.05) is 0 Å². The Labute approximate surface area is 78.2 Å². The van der Waals surface area contributed by atoms with Crippen LogP contribution in [0.1, 0.15) is 24.4 Å². The molecular formula is C10H15N3. The summed E-state index contributed by atoms with van der Waals surface area (Å²) in [5, 5.41) is 4.20. The fraction of sp³-hybridized carbons (Fsp3) is 0.500. The van der Waals surface area contributed by atoms with E-state index < -0.39 is 0 Å². The van der Waals surface area contributed by atoms with Crippen molar-refractivity contribution < 1.29 is 0 Å². The lowest BCUT2D eigenvalue weighted by atomic mass is 10.1. The van der Waals surface area contributed by atoms with Crippen LogP contribution in [0, 0.1) is 5.92 Å². The summed E-state index contributed by atoms with van der Waals surface area (Å²) in [5.74, 6) is 0.696. The van der Waals surface area contributed by atoms with Gasteiger partial charge in [0.15, 0.2) is 0 Å². The Kier molecular flexibility index (Phi) is 2.19. The smallest absolute Gasteiger partial charge is 0.0587 e. The quantitative estimate of drug-likeness (QED) is 0.708. The van der Waals surface area contributed by atoms with Crippen molar-refractivity contribution in [3.63, 3.8) is 0 Å². The first-order valence-electron chi connectivity index (χ1n) is 4.70. The highest BCUT2D eigenvalue weighted by atomic mass is 15.3. The zero-order chi connectivity index (χ0) is 9.26. The Morgan fingerprint density at radius 2 is 2.54 bits per heavy atom. The average molecular weight is 177 g/mol. The Morgan fingerprint density at radius 1 is 1.77 bits per heavy atom. The molecular weight excluding hydrogens is 162 g/mol. The van der Waals surface area contributed by atoms with Gasteiger partial charge in [-0.25, -0.2) is 0 Å². The standard InChI is InChI=1S/C10H15N3/c1-2-5-13-7-9(6-12-13)10(11)8-3-4-8/h2,6-8,10H,1,3-5,11H2. The largest absolute Gasteiger partial charge is 0.324 e. The molecule has 1 saturated carbocycles. The minimum Gasteiger partial charge on any atom is -0.324 e. The maximum absolute atomic E-state index is 6.03. The van der Waals surface area contributed by atoms with Crippen molar-refractivity contribution in [3.8, 4) is 0 Å². The molecule has 1 aromatic heterocycles. The van der Waals surface area contributed by atoms with Gasteiger partial charge in [0.2, 0.25) is 0 Å². The molecule has 1 heterocycles. The molecule has 13 heavy (non-hydrogen) atoms. The molecule has 1 atom stereocenters. The van der Waals surface area contributed by atoms with Crippen molar-refractivity contribution in [3.05, 3.63) is 30.6 Å². The lowest BCUT2D eigenvalue weighted by Gasteiger charge is -2.05. The van der Waals surface area contributed by atoms with E-state index in [0.29, 0.717) is 5.92 Å². The predicted octanol–water partition coefficient (Wildman–Crippen LogP) is 1.48. The molecule has 1 fully saturated rings. The van der Waals surface area contributed by atoms with Gasteiger partial charge in [-0.2, -0.15) is 5.10 Å². The van der Waals surface area contributed by atoms with Crippen LogP contribution in [0.4, 0.5) is 0 Å². The monoisotopic (exact) mass is 177 g/mol. The van der Waals surface area contributed by atoms with Gasteiger partial charge in [-0.05, 0) is 18.8 Å². The van der Waals surface area contributed by atoms with E-state index in [4.69, 9.17) is 5.73 Å². The molecule has 1 aliphatic rings. The summed E-state index contributed by atoms with van der Waals surface area (Å²) >= 11 is 0. The number of hydrogen-bond acceptors (Lipinski definition) is 2. The second-order valence-corrected chi connectivity index (χ2v) is 3.65. The van der Waals surface area contributed by atoms with Crippen LogP contribution < -0.4 is 5.73 Å². The van der Waals surface area contributed by atoms with E-state index in [1.807, 2.05) is 23.2 Å². The van der Waals surface area contributed by atoms with Gasteiger partial charge in [0.05, 0.1) is 12.7 Å². The predicted molar refractivity (Wildman–Crippen MR) is 52.1 cm³/mol. The fourth-order valence-corrected chi connectivity index (χ4v) is 1.51. The van der Waals surface area contributed by atoms with Gasteiger partial charge in [0.25, 0.3) is 0 Å². The normalized spacial score (nSPS) is 18.5. The SMILES string of the molecule is C=CCn1cc(C(N)C2CC2)cn1. The summed E-state index contributed by atoms with van der Waals surface area (Å²) in [6, 6.07) is 0.193. The van der Waals surface area contributed by atoms with Crippen LogP contribution in [0.15, 0.2) is 25.0 Å². The van der Waals surface area contributed by atoms with Crippen molar-refractivity contribution in [1.29, 1.82) is 0 Å². The second kappa shape index (κ2) is 3.34. The number of nitrogens with zero attached hydrogens (tertiary/aromatic N) is 2. The molecule has 0 aromatic carbocycles. The molecule has 2 N–H and O–H groups in total. The summed E-state index contributed by atoms with van der Waals surface area (Å²) in [6.07, 6.45) is 8.26. The van der Waals surface area contributed by atoms with Gasteiger partial charge in [0.1, 0.15) is 0 Å². The van der Waals surface area contributed by atoms with Crippen LogP contribution in [0.5, 0.6) is 0 Å². The molecule has 1 unspecified atom stereocenters. The third kappa shape index (κ3) is 1.80. The Hall–Kier alpha value is -1.09. The molecule has 3 nitrogen and oxygen atoms in total. The summed E-state index contributed by atoms with van der Waals surface area (Å²) in [4.78, 5) is 0. The van der Waals surface area contributed by atoms with E-state index in [9.17, 15) is 0 Å². The number of allylic oxidation sites excluding steroid dienone is 1. The second-order valence-electron chi connectivity index (χ2n) is 3.65. The average Bonchev–Trinajstić information content (AvgIpc) is 2.87. The first-order chi connectivity index (χ1) is 6.31. The van der Waals surface area contributed by atoms with Crippen LogP contribution in [-0.2, 0) is 6.54 Å².